The molecule has 2 aromatic carbocycles. The monoisotopic (exact) mass is 439 g/mol. The Bertz CT molecular complexity index is 961. The number of benzene rings is 2. The standard InChI is InChI=1S/C14H24N2O2S.C7H8O2S/c1-10-8-9-12(11(2)13(10)16(6)7)19(17,18)15-14(3,4)5;1-6-2-4-7(5-3-6)10(8)9/h8-9,15H,1-7H3;2-5H,1H3,(H,8,9)/p-1. The van der Waals surface area contributed by atoms with Gasteiger partial charge in [-0.25, -0.2) is 13.1 Å². The minimum Gasteiger partial charge on any atom is -0.768 e. The molecule has 6 nitrogen and oxygen atoms in total. The Morgan fingerprint density at radius 2 is 1.48 bits per heavy atom. The molecule has 0 saturated carbocycles. The molecule has 0 spiro atoms. The van der Waals surface area contributed by atoms with Gasteiger partial charge in [0.05, 0.1) is 4.90 Å². The normalized spacial score (nSPS) is 12.7. The molecule has 0 heterocycles. The van der Waals surface area contributed by atoms with Crippen molar-refractivity contribution >= 4 is 26.8 Å². The summed E-state index contributed by atoms with van der Waals surface area (Å²) in [5.41, 5.74) is 3.37. The molecule has 0 aliphatic carbocycles. The molecule has 0 radical (unpaired) electrons. The fourth-order valence-corrected chi connectivity index (χ4v) is 4.93. The zero-order chi connectivity index (χ0) is 22.6. The maximum absolute atomic E-state index is 12.4. The summed E-state index contributed by atoms with van der Waals surface area (Å²) in [5, 5.41) is 0. The van der Waals surface area contributed by atoms with Crippen LogP contribution >= 0.6 is 0 Å². The van der Waals surface area contributed by atoms with Gasteiger partial charge < -0.3 is 9.45 Å². The van der Waals surface area contributed by atoms with Crippen LogP contribution in [0.5, 0.6) is 0 Å². The van der Waals surface area contributed by atoms with Crippen molar-refractivity contribution in [3.8, 4) is 0 Å². The van der Waals surface area contributed by atoms with Gasteiger partial charge >= 0.3 is 0 Å². The number of hydrogen-bond acceptors (Lipinski definition) is 5. The quantitative estimate of drug-likeness (QED) is 0.734. The molecule has 0 aromatic heterocycles. The molecule has 0 bridgehead atoms. The highest BCUT2D eigenvalue weighted by molar-refractivity contribution is 7.89. The second-order valence-corrected chi connectivity index (χ2v) is 10.7. The van der Waals surface area contributed by atoms with Crippen molar-refractivity contribution in [3.63, 3.8) is 0 Å². The van der Waals surface area contributed by atoms with Crippen LogP contribution in [0.15, 0.2) is 46.2 Å². The van der Waals surface area contributed by atoms with Gasteiger partial charge in [-0.2, -0.15) is 0 Å². The summed E-state index contributed by atoms with van der Waals surface area (Å²) in [6.45, 7) is 11.2. The maximum Gasteiger partial charge on any atom is 0.241 e. The van der Waals surface area contributed by atoms with E-state index < -0.39 is 26.6 Å². The highest BCUT2D eigenvalue weighted by Gasteiger charge is 2.25. The lowest BCUT2D eigenvalue weighted by atomic mass is 10.1. The van der Waals surface area contributed by atoms with E-state index in [0.29, 0.717) is 9.79 Å². The number of hydrogen-bond donors (Lipinski definition) is 1. The average Bonchev–Trinajstić information content (AvgIpc) is 2.52. The average molecular weight is 440 g/mol. The van der Waals surface area contributed by atoms with Crippen LogP contribution in [-0.2, 0) is 21.1 Å². The van der Waals surface area contributed by atoms with Gasteiger partial charge in [0.2, 0.25) is 10.0 Å². The molecule has 2 aromatic rings. The van der Waals surface area contributed by atoms with E-state index in [-0.39, 0.29) is 0 Å². The van der Waals surface area contributed by atoms with Crippen LogP contribution in [0.1, 0.15) is 37.5 Å². The molecule has 29 heavy (non-hydrogen) atoms. The van der Waals surface area contributed by atoms with Gasteiger partial charge in [-0.15, -0.1) is 0 Å². The smallest absolute Gasteiger partial charge is 0.241 e. The van der Waals surface area contributed by atoms with E-state index in [1.54, 1.807) is 30.3 Å². The number of nitrogens with one attached hydrogen (secondary N) is 1. The number of rotatable bonds is 4. The largest absolute Gasteiger partial charge is 0.768 e. The fourth-order valence-electron chi connectivity index (χ4n) is 2.90. The maximum atomic E-state index is 12.4. The molecule has 1 unspecified atom stereocenters. The Morgan fingerprint density at radius 1 is 0.966 bits per heavy atom. The Labute approximate surface area is 177 Å². The Morgan fingerprint density at radius 3 is 1.90 bits per heavy atom. The second-order valence-electron chi connectivity index (χ2n) is 8.15. The molecular weight excluding hydrogens is 408 g/mol. The Hall–Kier alpha value is -1.74. The first-order chi connectivity index (χ1) is 13.2. The van der Waals surface area contributed by atoms with Crippen LogP contribution in [0.4, 0.5) is 5.69 Å². The van der Waals surface area contributed by atoms with Gasteiger partial charge in [0.1, 0.15) is 0 Å². The molecule has 0 saturated heterocycles. The first-order valence-corrected chi connectivity index (χ1v) is 11.7. The summed E-state index contributed by atoms with van der Waals surface area (Å²) in [7, 11) is 0.341. The van der Waals surface area contributed by atoms with E-state index in [9.17, 15) is 17.2 Å². The van der Waals surface area contributed by atoms with E-state index in [0.717, 1.165) is 22.4 Å². The van der Waals surface area contributed by atoms with Crippen molar-refractivity contribution in [2.45, 2.75) is 56.9 Å². The number of sulfonamides is 1. The molecule has 0 aliphatic heterocycles. The Kier molecular flexibility index (Phi) is 8.59. The molecule has 1 N–H and O–H groups in total. The highest BCUT2D eigenvalue weighted by atomic mass is 32.2. The minimum absolute atomic E-state index is 0.339. The van der Waals surface area contributed by atoms with Gasteiger partial charge in [0, 0.05) is 30.2 Å². The third kappa shape index (κ3) is 7.54. The van der Waals surface area contributed by atoms with Crippen LogP contribution in [0.3, 0.4) is 0 Å². The zero-order valence-corrected chi connectivity index (χ0v) is 20.0. The van der Waals surface area contributed by atoms with Crippen LogP contribution in [0.25, 0.3) is 0 Å². The van der Waals surface area contributed by atoms with E-state index in [2.05, 4.69) is 4.72 Å². The van der Waals surface area contributed by atoms with Crippen molar-refractivity contribution in [2.75, 3.05) is 19.0 Å². The van der Waals surface area contributed by atoms with E-state index in [4.69, 9.17) is 0 Å². The summed E-state index contributed by atoms with van der Waals surface area (Å²) in [4.78, 5) is 2.63. The summed E-state index contributed by atoms with van der Waals surface area (Å²) in [5.74, 6) is 0. The number of aryl methyl sites for hydroxylation is 2. The summed E-state index contributed by atoms with van der Waals surface area (Å²) < 4.78 is 48.2. The van der Waals surface area contributed by atoms with Crippen LogP contribution < -0.4 is 9.62 Å². The van der Waals surface area contributed by atoms with Crippen molar-refractivity contribution < 1.29 is 17.2 Å². The van der Waals surface area contributed by atoms with Gasteiger partial charge in [0.15, 0.2) is 0 Å². The van der Waals surface area contributed by atoms with Gasteiger partial charge in [-0.3, -0.25) is 4.21 Å². The molecule has 162 valence electrons. The van der Waals surface area contributed by atoms with Gasteiger partial charge in [0.25, 0.3) is 0 Å². The lowest BCUT2D eigenvalue weighted by Gasteiger charge is -2.24. The first-order valence-electron chi connectivity index (χ1n) is 9.13. The molecule has 8 heteroatoms. The van der Waals surface area contributed by atoms with E-state index in [1.807, 2.05) is 66.6 Å². The second kappa shape index (κ2) is 9.84. The van der Waals surface area contributed by atoms with Crippen molar-refractivity contribution in [1.29, 1.82) is 0 Å². The first kappa shape index (κ1) is 25.3. The van der Waals surface area contributed by atoms with E-state index in [1.165, 1.54) is 0 Å². The lowest BCUT2D eigenvalue weighted by Crippen LogP contribution is -2.40. The molecule has 0 fully saturated rings. The summed E-state index contributed by atoms with van der Waals surface area (Å²) in [6.07, 6.45) is 0. The third-order valence-electron chi connectivity index (χ3n) is 3.97. The molecule has 1 atom stereocenters. The number of nitrogens with zero attached hydrogens (tertiary/aromatic N) is 1. The third-order valence-corrected chi connectivity index (χ3v) is 6.53. The summed E-state index contributed by atoms with van der Waals surface area (Å²) in [6, 6.07) is 10.2. The lowest BCUT2D eigenvalue weighted by molar-refractivity contribution is 0.491. The van der Waals surface area contributed by atoms with Gasteiger partial charge in [-0.05, 0) is 81.9 Å². The SMILES string of the molecule is Cc1ccc(S(=O)(=O)NC(C)(C)C)c(C)c1N(C)C.Cc1ccc(S(=O)[O-])cc1. The van der Waals surface area contributed by atoms with Crippen LogP contribution in [0.2, 0.25) is 0 Å². The predicted octanol–water partition coefficient (Wildman–Crippen LogP) is 3.68. The zero-order valence-electron chi connectivity index (χ0n) is 18.4. The van der Waals surface area contributed by atoms with Crippen LogP contribution in [0, 0.1) is 20.8 Å². The molecule has 0 amide bonds. The Balaban J connectivity index is 0.000000352. The van der Waals surface area contributed by atoms with Crippen LogP contribution in [-0.4, -0.2) is 36.8 Å². The minimum atomic E-state index is -3.50. The van der Waals surface area contributed by atoms with Gasteiger partial charge in [-0.1, -0.05) is 23.8 Å². The molecule has 0 aliphatic rings. The van der Waals surface area contributed by atoms with Crippen molar-refractivity contribution in [1.82, 2.24) is 4.72 Å². The van der Waals surface area contributed by atoms with E-state index >= 15 is 0 Å². The number of anilines is 1. The van der Waals surface area contributed by atoms with Crippen molar-refractivity contribution in [3.05, 3.63) is 53.1 Å². The fraction of sp³-hybridized carbons (Fsp3) is 0.429. The van der Waals surface area contributed by atoms with Crippen molar-refractivity contribution in [2.24, 2.45) is 0 Å². The topological polar surface area (TPSA) is 89.5 Å². The molecular formula is C21H31N2O4S2-. The summed E-state index contributed by atoms with van der Waals surface area (Å²) >= 11 is -2.09. The predicted molar refractivity (Wildman–Crippen MR) is 119 cm³/mol. The molecule has 2 rings (SSSR count). The highest BCUT2D eigenvalue weighted by Crippen LogP contribution is 2.29.